The molecule has 139 heavy (non-hydrogen) atoms. The number of nitrogens with zero attached hydrogens (tertiary/aromatic N) is 6. The van der Waals surface area contributed by atoms with Crippen LogP contribution in [0.25, 0.3) is 0 Å². The second kappa shape index (κ2) is 45.7. The van der Waals surface area contributed by atoms with Crippen molar-refractivity contribution in [3.8, 4) is 0 Å². The van der Waals surface area contributed by atoms with E-state index in [0.717, 1.165) is 151 Å². The Morgan fingerprint density at radius 1 is 0.367 bits per heavy atom. The van der Waals surface area contributed by atoms with Gasteiger partial charge in [-0.05, 0) is 314 Å². The van der Waals surface area contributed by atoms with E-state index in [-0.39, 0.29) is 129 Å². The minimum absolute atomic E-state index is 0.0259. The number of anilines is 2. The number of carboxylic acids is 1. The van der Waals surface area contributed by atoms with Gasteiger partial charge in [0.2, 0.25) is 5.91 Å². The molecule has 756 valence electrons. The number of benzene rings is 7. The molecule has 5 fully saturated rings. The summed E-state index contributed by atoms with van der Waals surface area (Å²) in [7, 11) is 0. The molecule has 6 amide bonds. The monoisotopic (exact) mass is 1980 g/mol. The van der Waals surface area contributed by atoms with Crippen LogP contribution in [-0.2, 0) is 37.6 Å². The number of nitrogens with two attached hydrogens (primary N) is 1. The quantitative estimate of drug-likeness (QED) is 0.0262. The molecule has 13 rings (SSSR count). The summed E-state index contributed by atoms with van der Waals surface area (Å²) in [5.74, 6) is -1.61. The lowest BCUT2D eigenvalue weighted by Gasteiger charge is -2.37. The summed E-state index contributed by atoms with van der Waals surface area (Å²) in [5.41, 5.74) is -7.31. The van der Waals surface area contributed by atoms with Gasteiger partial charge in [-0.25, -0.2) is 0 Å². The molecule has 5 aliphatic rings. The van der Waals surface area contributed by atoms with Crippen LogP contribution in [0, 0.1) is 11.8 Å². The maximum atomic E-state index is 13.1. The third-order valence-electron chi connectivity index (χ3n) is 26.5. The fraction of sp³-hybridized carbons (Fsp3) is 0.476. The standard InChI is InChI=1S/C23H27F3N2O2.C21H27F3N2O3.C21H26F3NO4.C19H19ClF3NO2.C19H20F3NO2/c1-3-28(20-12-8-16(9-13-20)18-5-4-14-27-15-18)21(29)17-6-10-19(11-7-17)22(2,30)23(24,25)26;1-20(29,21(22,23)24)15-6-4-14(5-7-15)19(28)26(17-10-11-17)16-8-2-13(3-9-16)12-18(25)27;1-20(29,21(22,23)24)15-6-4-14(5-7-15)19(28)25(17-10-11-17)16-8-2-13(3-9-16)12-18(26)27;1-12(2)24(16-7-5-4-6-15(16)20)17(25)13-8-10-14(11-9-13)18(3,26)19(21,22)23;1-13(2)23(16-7-5-4-6-8-16)17(24)14-9-11-15(12-10-14)18(3,25)19(20,21)22/h4-7,10-11,14-16,20,30H,3,8-9,12-13H2,1-2H3;4-7,13,16-17,29H,2-3,8-12H2,1H3,(H2,25,27);4-7,13,16-17,29H,2-3,8-12H2,1H3,(H,26,27);4-12,26H,1-3H3;4-13,25H,1-3H3/t16?,20?,22-;2*13?,16?,20-;;/m000../s1. The highest BCUT2D eigenvalue weighted by Gasteiger charge is 2.56. The van der Waals surface area contributed by atoms with Gasteiger partial charge in [0.15, 0.2) is 28.0 Å². The average Bonchev–Trinajstić information content (AvgIpc) is 1.49. The molecular formula is C103H119ClF15N7O13. The lowest BCUT2D eigenvalue weighted by atomic mass is 9.81. The van der Waals surface area contributed by atoms with Crippen LogP contribution in [0.5, 0.6) is 0 Å². The zero-order valence-corrected chi connectivity index (χ0v) is 79.4. The van der Waals surface area contributed by atoms with Gasteiger partial charge in [-0.2, -0.15) is 65.9 Å². The normalized spacial score (nSPS) is 20.2. The molecule has 0 radical (unpaired) electrons. The lowest BCUT2D eigenvalue weighted by Crippen LogP contribution is -2.44. The fourth-order valence-electron chi connectivity index (χ4n) is 17.4. The number of pyridine rings is 1. The summed E-state index contributed by atoms with van der Waals surface area (Å²) < 4.78 is 195. The minimum Gasteiger partial charge on any atom is -0.481 e. The third kappa shape index (κ3) is 27.8. The number of alkyl halides is 15. The molecule has 7 aromatic carbocycles. The first kappa shape index (κ1) is 112. The van der Waals surface area contributed by atoms with Gasteiger partial charge in [0.1, 0.15) is 0 Å². The van der Waals surface area contributed by atoms with Gasteiger partial charge in [0.05, 0.1) is 10.7 Å². The number of aliphatic carboxylic acids is 1. The molecule has 5 atom stereocenters. The number of carboxylic acid groups (broad SMARTS) is 1. The molecule has 2 unspecified atom stereocenters. The van der Waals surface area contributed by atoms with Crippen molar-refractivity contribution in [1.29, 1.82) is 0 Å². The number of rotatable bonds is 25. The van der Waals surface area contributed by atoms with E-state index in [1.807, 2.05) is 74.9 Å². The van der Waals surface area contributed by atoms with E-state index >= 15 is 0 Å². The van der Waals surface area contributed by atoms with Gasteiger partial charge >= 0.3 is 36.9 Å². The number of hydrogen-bond donors (Lipinski definition) is 7. The molecule has 1 aromatic heterocycles. The highest BCUT2D eigenvalue weighted by molar-refractivity contribution is 6.34. The molecule has 0 aliphatic heterocycles. The van der Waals surface area contributed by atoms with E-state index in [4.69, 9.17) is 22.4 Å². The van der Waals surface area contributed by atoms with Crippen LogP contribution >= 0.6 is 11.6 Å². The van der Waals surface area contributed by atoms with Gasteiger partial charge in [-0.3, -0.25) is 38.5 Å². The van der Waals surface area contributed by atoms with Gasteiger partial charge in [0.25, 0.3) is 29.5 Å². The van der Waals surface area contributed by atoms with Gasteiger partial charge in [-0.15, -0.1) is 0 Å². The number of carbonyl (C=O) groups is 7. The number of primary amides is 1. The van der Waals surface area contributed by atoms with Crippen LogP contribution in [0.1, 0.15) is 276 Å². The number of aliphatic hydroxyl groups is 5. The molecule has 5 aliphatic carbocycles. The number of halogens is 16. The van der Waals surface area contributed by atoms with Crippen molar-refractivity contribution in [3.05, 3.63) is 267 Å². The van der Waals surface area contributed by atoms with Crippen LogP contribution in [0.3, 0.4) is 0 Å². The summed E-state index contributed by atoms with van der Waals surface area (Å²) in [6.45, 7) is 13.2. The SMILES string of the molecule is CC(C)N(C(=O)c1ccc(C(C)(O)C(F)(F)F)cc1)c1ccccc1.CC(C)N(C(=O)c1ccc(C(C)(O)C(F)(F)F)cc1)c1ccccc1Cl.CCN(C(=O)c1ccc([C@](C)(O)C(F)(F)F)cc1)C1CCC(c2cccnc2)CC1.C[C@](O)(c1ccc(C(=O)N(C2CCC(CC(=O)O)CC2)C2CC2)cc1)C(F)(F)F.C[C@](O)(c1ccc(C(=O)N(C2CCC(CC(N)=O)CC2)C2CC2)cc1)C(F)(F)F. The Labute approximate surface area is 802 Å². The molecule has 36 heteroatoms. The van der Waals surface area contributed by atoms with Crippen molar-refractivity contribution in [3.63, 3.8) is 0 Å². The van der Waals surface area contributed by atoms with Crippen molar-refractivity contribution in [2.45, 2.75) is 292 Å². The Hall–Kier alpha value is -11.0. The Bertz CT molecular complexity index is 5270. The van der Waals surface area contributed by atoms with Crippen molar-refractivity contribution in [2.24, 2.45) is 17.6 Å². The molecule has 5 saturated carbocycles. The highest BCUT2D eigenvalue weighted by atomic mass is 35.5. The van der Waals surface area contributed by atoms with E-state index in [9.17, 15) is 125 Å². The third-order valence-corrected chi connectivity index (χ3v) is 26.8. The van der Waals surface area contributed by atoms with E-state index in [1.54, 1.807) is 52.4 Å². The summed E-state index contributed by atoms with van der Waals surface area (Å²) in [6, 6.07) is 44.7. The molecule has 20 nitrogen and oxygen atoms in total. The van der Waals surface area contributed by atoms with Crippen molar-refractivity contribution in [1.82, 2.24) is 19.7 Å². The summed E-state index contributed by atoms with van der Waals surface area (Å²) in [4.78, 5) is 99.6. The predicted octanol–water partition coefficient (Wildman–Crippen LogP) is 22.3. The van der Waals surface area contributed by atoms with Crippen LogP contribution in [0.15, 0.2) is 200 Å². The van der Waals surface area contributed by atoms with E-state index < -0.39 is 70.8 Å². The van der Waals surface area contributed by atoms with E-state index in [1.165, 1.54) is 83.3 Å². The largest absolute Gasteiger partial charge is 0.481 e. The molecular weight excluding hydrogens is 1860 g/mol. The maximum Gasteiger partial charge on any atom is 0.421 e. The van der Waals surface area contributed by atoms with Crippen molar-refractivity contribution >= 4 is 64.4 Å². The fourth-order valence-corrected chi connectivity index (χ4v) is 17.6. The predicted molar refractivity (Wildman–Crippen MR) is 494 cm³/mol. The van der Waals surface area contributed by atoms with Crippen LogP contribution in [-0.4, -0.2) is 171 Å². The van der Waals surface area contributed by atoms with Crippen LogP contribution in [0.4, 0.5) is 77.2 Å². The average molecular weight is 1980 g/mol. The first-order valence-electron chi connectivity index (χ1n) is 46.0. The van der Waals surface area contributed by atoms with Crippen LogP contribution < -0.4 is 15.5 Å². The number of carbonyl (C=O) groups excluding carboxylic acids is 6. The van der Waals surface area contributed by atoms with Gasteiger partial charge in [0, 0.05) is 108 Å². The zero-order valence-electron chi connectivity index (χ0n) is 78.6. The Morgan fingerprint density at radius 2 is 0.655 bits per heavy atom. The van der Waals surface area contributed by atoms with Crippen molar-refractivity contribution in [2.75, 3.05) is 16.3 Å². The van der Waals surface area contributed by atoms with Crippen LogP contribution in [0.2, 0.25) is 5.02 Å². The number of aromatic nitrogens is 1. The lowest BCUT2D eigenvalue weighted by molar-refractivity contribution is -0.259. The Kier molecular flexibility index (Phi) is 36.7. The van der Waals surface area contributed by atoms with Gasteiger partial charge < -0.3 is 60.9 Å². The summed E-state index contributed by atoms with van der Waals surface area (Å²) in [6.07, 6.45) is -6.30. The second-order valence-electron chi connectivity index (χ2n) is 37.4. The number of hydrogen-bond acceptors (Lipinski definition) is 13. The topological polar surface area (TPSA) is 296 Å². The number of para-hydroxylation sites is 2. The summed E-state index contributed by atoms with van der Waals surface area (Å²) in [5, 5.41) is 58.2. The van der Waals surface area contributed by atoms with Gasteiger partial charge in [-0.1, -0.05) is 109 Å². The molecule has 8 N–H and O–H groups in total. The molecule has 0 saturated heterocycles. The molecule has 0 bridgehead atoms. The molecule has 0 spiro atoms. The second-order valence-corrected chi connectivity index (χ2v) is 37.9. The smallest absolute Gasteiger partial charge is 0.421 e. The highest BCUT2D eigenvalue weighted by Crippen LogP contribution is 2.47. The maximum absolute atomic E-state index is 13.1. The first-order valence-corrected chi connectivity index (χ1v) is 46.4. The van der Waals surface area contributed by atoms with Crippen molar-refractivity contribution < 1.29 is 130 Å². The zero-order chi connectivity index (χ0) is 103. The Balaban J connectivity index is 0.000000195. The minimum atomic E-state index is -4.82. The van der Waals surface area contributed by atoms with E-state index in [2.05, 4.69) is 11.1 Å². The molecule has 8 aromatic rings. The Morgan fingerprint density at radius 3 is 0.935 bits per heavy atom. The first-order chi connectivity index (χ1) is 64.7. The van der Waals surface area contributed by atoms with E-state index in [0.29, 0.717) is 86.6 Å². The number of amides is 6. The summed E-state index contributed by atoms with van der Waals surface area (Å²) >= 11 is 6.18. The molecule has 1 heterocycles.